The highest BCUT2D eigenvalue weighted by Gasteiger charge is 2.30. The Balaban J connectivity index is 1.95. The molecule has 2 aromatic carbocycles. The number of hydrogen-bond donors (Lipinski definition) is 2. The molecular weight excluding hydrogens is 266 g/mol. The van der Waals surface area contributed by atoms with Gasteiger partial charge in [-0.2, -0.15) is 0 Å². The molecule has 0 saturated carbocycles. The van der Waals surface area contributed by atoms with Gasteiger partial charge in [-0.1, -0.05) is 18.2 Å². The largest absolute Gasteiger partial charge is 0.378 e. The molecule has 21 heavy (non-hydrogen) atoms. The molecule has 2 N–H and O–H groups in total. The topological polar surface area (TPSA) is 67.2 Å². The summed E-state index contributed by atoms with van der Waals surface area (Å²) in [5.74, 6) is 0. The van der Waals surface area contributed by atoms with Gasteiger partial charge in [0.25, 0.3) is 0 Å². The molecule has 0 unspecified atom stereocenters. The predicted octanol–water partition coefficient (Wildman–Crippen LogP) is 3.90. The average molecular weight is 285 g/mol. The van der Waals surface area contributed by atoms with Crippen LogP contribution in [0.15, 0.2) is 54.6 Å². The third-order valence-corrected chi connectivity index (χ3v) is 3.17. The SMILES string of the molecule is CC(C)(CNc1ccc(Nc2ccccc2)cc1)[N+](=O)[O-]. The van der Waals surface area contributed by atoms with E-state index in [1.54, 1.807) is 13.8 Å². The molecule has 2 rings (SSSR count). The molecule has 0 aliphatic rings. The molecule has 0 fully saturated rings. The molecule has 0 aromatic heterocycles. The molecule has 0 aliphatic heterocycles. The fourth-order valence-corrected chi connectivity index (χ4v) is 1.74. The Kier molecular flexibility index (Phi) is 4.42. The number of para-hydroxylation sites is 1. The molecule has 110 valence electrons. The van der Waals surface area contributed by atoms with Crippen LogP contribution in [-0.4, -0.2) is 17.0 Å². The van der Waals surface area contributed by atoms with E-state index in [9.17, 15) is 10.1 Å². The second-order valence-corrected chi connectivity index (χ2v) is 5.49. The second kappa shape index (κ2) is 6.26. The molecule has 0 spiro atoms. The Morgan fingerprint density at radius 3 is 2.05 bits per heavy atom. The second-order valence-electron chi connectivity index (χ2n) is 5.49. The first-order chi connectivity index (χ1) is 9.97. The van der Waals surface area contributed by atoms with Crippen LogP contribution in [0, 0.1) is 10.1 Å². The minimum atomic E-state index is -0.985. The van der Waals surface area contributed by atoms with Crippen LogP contribution < -0.4 is 10.6 Å². The van der Waals surface area contributed by atoms with Crippen molar-refractivity contribution in [2.45, 2.75) is 19.4 Å². The zero-order valence-corrected chi connectivity index (χ0v) is 12.2. The molecule has 0 aliphatic carbocycles. The quantitative estimate of drug-likeness (QED) is 0.624. The van der Waals surface area contributed by atoms with E-state index in [4.69, 9.17) is 0 Å². The lowest BCUT2D eigenvalue weighted by Crippen LogP contribution is -2.38. The predicted molar refractivity (Wildman–Crippen MR) is 85.7 cm³/mol. The summed E-state index contributed by atoms with van der Waals surface area (Å²) in [6.45, 7) is 3.49. The van der Waals surface area contributed by atoms with Crippen molar-refractivity contribution in [1.29, 1.82) is 0 Å². The zero-order valence-electron chi connectivity index (χ0n) is 12.2. The molecule has 0 atom stereocenters. The summed E-state index contributed by atoms with van der Waals surface area (Å²) in [4.78, 5) is 10.6. The van der Waals surface area contributed by atoms with Gasteiger partial charge in [-0.15, -0.1) is 0 Å². The van der Waals surface area contributed by atoms with E-state index in [2.05, 4.69) is 10.6 Å². The third kappa shape index (κ3) is 4.21. The molecule has 2 aromatic rings. The van der Waals surface area contributed by atoms with Crippen LogP contribution in [0.2, 0.25) is 0 Å². The lowest BCUT2D eigenvalue weighted by molar-refractivity contribution is -0.556. The molecule has 0 saturated heterocycles. The van der Waals surface area contributed by atoms with Crippen LogP contribution in [-0.2, 0) is 0 Å². The Morgan fingerprint density at radius 2 is 1.48 bits per heavy atom. The van der Waals surface area contributed by atoms with E-state index in [0.717, 1.165) is 17.1 Å². The molecule has 0 bridgehead atoms. The lowest BCUT2D eigenvalue weighted by Gasteiger charge is -2.17. The van der Waals surface area contributed by atoms with Crippen LogP contribution in [0.3, 0.4) is 0 Å². The van der Waals surface area contributed by atoms with Crippen molar-refractivity contribution >= 4 is 17.1 Å². The van der Waals surface area contributed by atoms with Gasteiger partial charge in [0.2, 0.25) is 5.54 Å². The van der Waals surface area contributed by atoms with Crippen LogP contribution in [0.4, 0.5) is 17.1 Å². The third-order valence-electron chi connectivity index (χ3n) is 3.17. The van der Waals surface area contributed by atoms with E-state index in [1.807, 2.05) is 54.6 Å². The summed E-state index contributed by atoms with van der Waals surface area (Å²) in [5, 5.41) is 17.2. The van der Waals surface area contributed by atoms with Gasteiger partial charge < -0.3 is 10.6 Å². The van der Waals surface area contributed by atoms with Gasteiger partial charge in [-0.25, -0.2) is 0 Å². The maximum atomic E-state index is 10.9. The van der Waals surface area contributed by atoms with Crippen LogP contribution in [0.1, 0.15) is 13.8 Å². The molecule has 5 nitrogen and oxygen atoms in total. The molecule has 0 amide bonds. The highest BCUT2D eigenvalue weighted by molar-refractivity contribution is 5.62. The Bertz CT molecular complexity index is 595. The molecule has 0 radical (unpaired) electrons. The summed E-state index contributed by atoms with van der Waals surface area (Å²) >= 11 is 0. The monoisotopic (exact) mass is 285 g/mol. The van der Waals surface area contributed by atoms with Gasteiger partial charge in [-0.3, -0.25) is 10.1 Å². The normalized spacial score (nSPS) is 11.0. The number of benzene rings is 2. The van der Waals surface area contributed by atoms with Crippen molar-refractivity contribution in [2.24, 2.45) is 0 Å². The summed E-state index contributed by atoms with van der Waals surface area (Å²) < 4.78 is 0. The van der Waals surface area contributed by atoms with Gasteiger partial charge >= 0.3 is 0 Å². The van der Waals surface area contributed by atoms with Gasteiger partial charge in [0.05, 0.1) is 6.54 Å². The van der Waals surface area contributed by atoms with Crippen molar-refractivity contribution in [2.75, 3.05) is 17.2 Å². The van der Waals surface area contributed by atoms with Crippen molar-refractivity contribution in [3.63, 3.8) is 0 Å². The molecule has 0 heterocycles. The van der Waals surface area contributed by atoms with Gasteiger partial charge in [-0.05, 0) is 36.4 Å². The van der Waals surface area contributed by atoms with E-state index >= 15 is 0 Å². The highest BCUT2D eigenvalue weighted by atomic mass is 16.6. The van der Waals surface area contributed by atoms with Gasteiger partial charge in [0.15, 0.2) is 0 Å². The van der Waals surface area contributed by atoms with E-state index in [0.29, 0.717) is 0 Å². The van der Waals surface area contributed by atoms with Crippen molar-refractivity contribution in [1.82, 2.24) is 0 Å². The smallest absolute Gasteiger partial charge is 0.233 e. The van der Waals surface area contributed by atoms with Crippen LogP contribution in [0.25, 0.3) is 0 Å². The fourth-order valence-electron chi connectivity index (χ4n) is 1.74. The number of anilines is 3. The number of nitrogens with zero attached hydrogens (tertiary/aromatic N) is 1. The summed E-state index contributed by atoms with van der Waals surface area (Å²) in [5.41, 5.74) is 1.87. The Labute approximate surface area is 124 Å². The Hall–Kier alpha value is -2.56. The van der Waals surface area contributed by atoms with Crippen molar-refractivity contribution in [3.8, 4) is 0 Å². The van der Waals surface area contributed by atoms with Gasteiger partial charge in [0, 0.05) is 35.8 Å². The average Bonchev–Trinajstić information content (AvgIpc) is 2.47. The highest BCUT2D eigenvalue weighted by Crippen LogP contribution is 2.19. The Morgan fingerprint density at radius 1 is 0.952 bits per heavy atom. The summed E-state index contributed by atoms with van der Waals surface area (Å²) in [7, 11) is 0. The number of hydrogen-bond acceptors (Lipinski definition) is 4. The number of nitrogens with one attached hydrogen (secondary N) is 2. The number of rotatable bonds is 6. The lowest BCUT2D eigenvalue weighted by atomic mass is 10.1. The number of nitro groups is 1. The van der Waals surface area contributed by atoms with E-state index < -0.39 is 5.54 Å². The van der Waals surface area contributed by atoms with E-state index in [-0.39, 0.29) is 11.5 Å². The fraction of sp³-hybridized carbons (Fsp3) is 0.250. The minimum Gasteiger partial charge on any atom is -0.378 e. The van der Waals surface area contributed by atoms with Crippen molar-refractivity contribution < 1.29 is 4.92 Å². The first kappa shape index (κ1) is 14.8. The maximum Gasteiger partial charge on any atom is 0.233 e. The minimum absolute atomic E-state index is 0.272. The van der Waals surface area contributed by atoms with E-state index in [1.165, 1.54) is 0 Å². The maximum absolute atomic E-state index is 10.9. The summed E-state index contributed by atoms with van der Waals surface area (Å²) in [6, 6.07) is 17.6. The van der Waals surface area contributed by atoms with Crippen LogP contribution in [0.5, 0.6) is 0 Å². The first-order valence-electron chi connectivity index (χ1n) is 6.78. The standard InChI is InChI=1S/C16H19N3O2/c1-16(2,19(20)21)12-17-13-8-10-15(11-9-13)18-14-6-4-3-5-7-14/h3-11,17-18H,12H2,1-2H3. The summed E-state index contributed by atoms with van der Waals surface area (Å²) in [6.07, 6.45) is 0. The molecular formula is C16H19N3O2. The zero-order chi connectivity index (χ0) is 15.3. The van der Waals surface area contributed by atoms with Gasteiger partial charge in [0.1, 0.15) is 0 Å². The van der Waals surface area contributed by atoms with Crippen molar-refractivity contribution in [3.05, 3.63) is 64.7 Å². The first-order valence-corrected chi connectivity index (χ1v) is 6.78. The molecule has 5 heteroatoms. The van der Waals surface area contributed by atoms with Crippen LogP contribution >= 0.6 is 0 Å².